The quantitative estimate of drug-likeness (QED) is 0.726. The molecule has 5 nitrogen and oxygen atoms in total. The molecule has 0 aliphatic carbocycles. The minimum atomic E-state index is -0.523. The van der Waals surface area contributed by atoms with Crippen LogP contribution in [0.5, 0.6) is 0 Å². The van der Waals surface area contributed by atoms with Crippen molar-refractivity contribution in [2.75, 3.05) is 6.54 Å². The Morgan fingerprint density at radius 2 is 1.92 bits per heavy atom. The largest absolute Gasteiger partial charge is 0.444 e. The average molecular weight is 396 g/mol. The summed E-state index contributed by atoms with van der Waals surface area (Å²) in [6.07, 6.45) is -0.329. The number of carbonyl (C=O) groups is 1. The molecule has 0 bridgehead atoms. The number of hydrogen-bond acceptors (Lipinski definition) is 3. The minimum absolute atomic E-state index is 0.282. The van der Waals surface area contributed by atoms with Crippen LogP contribution < -0.4 is 0 Å². The first-order valence-electron chi connectivity index (χ1n) is 7.73. The average Bonchev–Trinajstić information content (AvgIpc) is 2.83. The van der Waals surface area contributed by atoms with Crippen molar-refractivity contribution in [1.29, 1.82) is 0 Å². The molecule has 0 unspecified atom stereocenters. The molecule has 0 spiro atoms. The number of aromatic nitrogens is 2. The smallest absolute Gasteiger partial charge is 0.410 e. The molecule has 0 fully saturated rings. The van der Waals surface area contributed by atoms with Gasteiger partial charge in [0.25, 0.3) is 0 Å². The third-order valence-electron chi connectivity index (χ3n) is 3.69. The highest BCUT2D eigenvalue weighted by atomic mass is 79.9. The highest BCUT2D eigenvalue weighted by Crippen LogP contribution is 2.33. The second-order valence-corrected chi connectivity index (χ2v) is 7.53. The second kappa shape index (κ2) is 6.20. The van der Waals surface area contributed by atoms with Gasteiger partial charge in [-0.2, -0.15) is 5.10 Å². The number of halogens is 2. The highest BCUT2D eigenvalue weighted by molar-refractivity contribution is 9.10. The first-order valence-corrected chi connectivity index (χ1v) is 8.53. The van der Waals surface area contributed by atoms with Crippen molar-refractivity contribution in [3.8, 4) is 11.3 Å². The van der Waals surface area contributed by atoms with Gasteiger partial charge in [-0.1, -0.05) is 0 Å². The molecule has 2 heterocycles. The highest BCUT2D eigenvalue weighted by Gasteiger charge is 2.29. The zero-order valence-electron chi connectivity index (χ0n) is 13.8. The van der Waals surface area contributed by atoms with Crippen LogP contribution >= 0.6 is 15.9 Å². The van der Waals surface area contributed by atoms with E-state index in [0.717, 1.165) is 21.4 Å². The van der Waals surface area contributed by atoms with Crippen molar-refractivity contribution in [2.45, 2.75) is 39.5 Å². The third-order valence-corrected chi connectivity index (χ3v) is 4.52. The van der Waals surface area contributed by atoms with E-state index in [2.05, 4.69) is 21.0 Å². The van der Waals surface area contributed by atoms with E-state index in [0.29, 0.717) is 19.6 Å². The SMILES string of the molecule is CC(C)(C)OC(=O)N1CCn2nc(-c3ccc(F)cc3)c(Br)c2C1. The number of amides is 1. The predicted molar refractivity (Wildman–Crippen MR) is 92.0 cm³/mol. The number of benzene rings is 1. The molecule has 1 aliphatic rings. The molecule has 0 saturated carbocycles. The van der Waals surface area contributed by atoms with Crippen molar-refractivity contribution in [3.63, 3.8) is 0 Å². The van der Waals surface area contributed by atoms with Gasteiger partial charge >= 0.3 is 6.09 Å². The Bertz CT molecular complexity index is 765. The lowest BCUT2D eigenvalue weighted by molar-refractivity contribution is 0.0194. The van der Waals surface area contributed by atoms with Crippen molar-refractivity contribution >= 4 is 22.0 Å². The van der Waals surface area contributed by atoms with Crippen LogP contribution in [0.15, 0.2) is 28.7 Å². The van der Waals surface area contributed by atoms with Crippen LogP contribution in [0.1, 0.15) is 26.5 Å². The van der Waals surface area contributed by atoms with E-state index < -0.39 is 5.60 Å². The fourth-order valence-electron chi connectivity index (χ4n) is 2.56. The van der Waals surface area contributed by atoms with Gasteiger partial charge in [0, 0.05) is 12.1 Å². The maximum absolute atomic E-state index is 13.1. The lowest BCUT2D eigenvalue weighted by Crippen LogP contribution is -2.41. The maximum atomic E-state index is 13.1. The molecule has 3 rings (SSSR count). The van der Waals surface area contributed by atoms with Crippen LogP contribution in [0, 0.1) is 5.82 Å². The number of rotatable bonds is 1. The van der Waals surface area contributed by atoms with Crippen molar-refractivity contribution < 1.29 is 13.9 Å². The Morgan fingerprint density at radius 3 is 2.54 bits per heavy atom. The summed E-state index contributed by atoms with van der Waals surface area (Å²) in [7, 11) is 0. The van der Waals surface area contributed by atoms with Gasteiger partial charge in [0.1, 0.15) is 17.1 Å². The zero-order chi connectivity index (χ0) is 17.5. The van der Waals surface area contributed by atoms with Crippen molar-refractivity contribution in [1.82, 2.24) is 14.7 Å². The van der Waals surface area contributed by atoms with Gasteiger partial charge < -0.3 is 9.64 Å². The Hall–Kier alpha value is -1.89. The standard InChI is InChI=1S/C17H19BrFN3O2/c1-17(2,3)24-16(23)21-8-9-22-13(10-21)14(18)15(20-22)11-4-6-12(19)7-5-11/h4-7H,8-10H2,1-3H3. The van der Waals surface area contributed by atoms with Crippen molar-refractivity contribution in [3.05, 3.63) is 40.2 Å². The molecule has 24 heavy (non-hydrogen) atoms. The molecule has 1 aliphatic heterocycles. The van der Waals surface area contributed by atoms with E-state index in [1.807, 2.05) is 25.5 Å². The second-order valence-electron chi connectivity index (χ2n) is 6.74. The molecule has 7 heteroatoms. The molecule has 128 valence electrons. The lowest BCUT2D eigenvalue weighted by Gasteiger charge is -2.30. The molecule has 0 atom stereocenters. The molecule has 0 N–H and O–H groups in total. The summed E-state index contributed by atoms with van der Waals surface area (Å²) in [5.74, 6) is -0.282. The Labute approximate surface area is 148 Å². The van der Waals surface area contributed by atoms with E-state index in [1.165, 1.54) is 12.1 Å². The van der Waals surface area contributed by atoms with E-state index in [4.69, 9.17) is 4.74 Å². The van der Waals surface area contributed by atoms with Crippen LogP contribution in [-0.2, 0) is 17.8 Å². The minimum Gasteiger partial charge on any atom is -0.444 e. The Morgan fingerprint density at radius 1 is 1.25 bits per heavy atom. The first-order chi connectivity index (χ1) is 11.2. The van der Waals surface area contributed by atoms with Crippen LogP contribution in [-0.4, -0.2) is 32.9 Å². The van der Waals surface area contributed by atoms with E-state index >= 15 is 0 Å². The fourth-order valence-corrected chi connectivity index (χ4v) is 3.20. The summed E-state index contributed by atoms with van der Waals surface area (Å²) in [6.45, 7) is 7.10. The van der Waals surface area contributed by atoms with Gasteiger partial charge in [-0.15, -0.1) is 0 Å². The summed E-state index contributed by atoms with van der Waals surface area (Å²) < 4.78 is 21.2. The van der Waals surface area contributed by atoms with Crippen LogP contribution in [0.2, 0.25) is 0 Å². The first kappa shape index (κ1) is 17.0. The monoisotopic (exact) mass is 395 g/mol. The molecule has 0 radical (unpaired) electrons. The van der Waals surface area contributed by atoms with E-state index in [9.17, 15) is 9.18 Å². The molecular weight excluding hydrogens is 377 g/mol. The van der Waals surface area contributed by atoms with Gasteiger partial charge in [0.15, 0.2) is 0 Å². The molecule has 1 aromatic carbocycles. The number of nitrogens with zero attached hydrogens (tertiary/aromatic N) is 3. The molecule has 2 aromatic rings. The summed E-state index contributed by atoms with van der Waals surface area (Å²) in [5, 5.41) is 4.59. The van der Waals surface area contributed by atoms with Gasteiger partial charge in [-0.25, -0.2) is 9.18 Å². The number of fused-ring (bicyclic) bond motifs is 1. The molecule has 1 aromatic heterocycles. The number of ether oxygens (including phenoxy) is 1. The Balaban J connectivity index is 1.85. The zero-order valence-corrected chi connectivity index (χ0v) is 15.4. The van der Waals surface area contributed by atoms with Gasteiger partial charge in [-0.05, 0) is 61.0 Å². The van der Waals surface area contributed by atoms with Crippen molar-refractivity contribution in [2.24, 2.45) is 0 Å². The van der Waals surface area contributed by atoms with E-state index in [1.54, 1.807) is 17.0 Å². The molecular formula is C17H19BrFN3O2. The molecule has 0 saturated heterocycles. The van der Waals surface area contributed by atoms with Gasteiger partial charge in [0.05, 0.1) is 23.3 Å². The summed E-state index contributed by atoms with van der Waals surface area (Å²) in [4.78, 5) is 13.9. The van der Waals surface area contributed by atoms with Crippen LogP contribution in [0.4, 0.5) is 9.18 Å². The summed E-state index contributed by atoms with van der Waals surface area (Å²) >= 11 is 3.57. The van der Waals surface area contributed by atoms with E-state index in [-0.39, 0.29) is 11.9 Å². The Kier molecular flexibility index (Phi) is 4.38. The topological polar surface area (TPSA) is 47.4 Å². The fraction of sp³-hybridized carbons (Fsp3) is 0.412. The predicted octanol–water partition coefficient (Wildman–Crippen LogP) is 4.20. The third kappa shape index (κ3) is 3.45. The van der Waals surface area contributed by atoms with Gasteiger partial charge in [-0.3, -0.25) is 4.68 Å². The van der Waals surface area contributed by atoms with Crippen LogP contribution in [0.3, 0.4) is 0 Å². The summed E-state index contributed by atoms with van der Waals surface area (Å²) in [6, 6.07) is 6.21. The normalized spacial score (nSPS) is 14.5. The molecule has 1 amide bonds. The number of hydrogen-bond donors (Lipinski definition) is 0. The van der Waals surface area contributed by atoms with Gasteiger partial charge in [0.2, 0.25) is 0 Å². The summed E-state index contributed by atoms with van der Waals surface area (Å²) in [5.41, 5.74) is 1.96. The lowest BCUT2D eigenvalue weighted by atomic mass is 10.1. The van der Waals surface area contributed by atoms with Crippen LogP contribution in [0.25, 0.3) is 11.3 Å². The maximum Gasteiger partial charge on any atom is 0.410 e. The number of carbonyl (C=O) groups excluding carboxylic acids is 1.